The Bertz CT molecular complexity index is 936. The zero-order valence-corrected chi connectivity index (χ0v) is 17.5. The monoisotopic (exact) mass is 412 g/mol. The first-order valence-corrected chi connectivity index (χ1v) is 10.2. The first-order chi connectivity index (χ1) is 14.1. The van der Waals surface area contributed by atoms with Crippen molar-refractivity contribution in [3.63, 3.8) is 0 Å². The largest absolute Gasteiger partial charge is 0.497 e. The van der Waals surface area contributed by atoms with Gasteiger partial charge in [-0.15, -0.1) is 10.2 Å². The molecule has 0 spiro atoms. The van der Waals surface area contributed by atoms with Crippen molar-refractivity contribution in [2.75, 3.05) is 33.3 Å². The molecule has 2 aromatic carbocycles. The Hall–Kier alpha value is -2.41. The number of hydrogen-bond acceptors (Lipinski definition) is 6. The van der Waals surface area contributed by atoms with E-state index in [1.54, 1.807) is 7.11 Å². The zero-order valence-electron chi connectivity index (χ0n) is 16.7. The molecule has 7 heteroatoms. The average Bonchev–Trinajstić information content (AvgIpc) is 3.24. The van der Waals surface area contributed by atoms with Gasteiger partial charge in [-0.05, 0) is 48.9 Å². The summed E-state index contributed by atoms with van der Waals surface area (Å²) in [6.45, 7) is 6.96. The molecular weight excluding hydrogens is 388 g/mol. The number of halogens is 1. The highest BCUT2D eigenvalue weighted by Gasteiger charge is 2.26. The maximum absolute atomic E-state index is 6.10. The van der Waals surface area contributed by atoms with Gasteiger partial charge in [0.15, 0.2) is 0 Å². The lowest BCUT2D eigenvalue weighted by Crippen LogP contribution is -2.46. The molecule has 6 nitrogen and oxygen atoms in total. The molecule has 1 fully saturated rings. The summed E-state index contributed by atoms with van der Waals surface area (Å²) in [4.78, 5) is 4.84. The first-order valence-electron chi connectivity index (χ1n) is 9.81. The summed E-state index contributed by atoms with van der Waals surface area (Å²) < 4.78 is 11.2. The number of ether oxygens (including phenoxy) is 1. The second kappa shape index (κ2) is 8.95. The third-order valence-electron chi connectivity index (χ3n) is 5.38. The number of hydrogen-bond donors (Lipinski definition) is 0. The molecule has 0 radical (unpaired) electrons. The summed E-state index contributed by atoms with van der Waals surface area (Å²) in [5.41, 5.74) is 2.14. The van der Waals surface area contributed by atoms with E-state index in [-0.39, 0.29) is 6.04 Å². The highest BCUT2D eigenvalue weighted by atomic mass is 35.5. The summed E-state index contributed by atoms with van der Waals surface area (Å²) in [6.07, 6.45) is 0. The van der Waals surface area contributed by atoms with Crippen LogP contribution in [0.4, 0.5) is 0 Å². The average molecular weight is 413 g/mol. The van der Waals surface area contributed by atoms with E-state index in [0.29, 0.717) is 11.8 Å². The van der Waals surface area contributed by atoms with Crippen molar-refractivity contribution in [1.82, 2.24) is 20.0 Å². The van der Waals surface area contributed by atoms with Crippen LogP contribution < -0.4 is 4.74 Å². The predicted octanol–water partition coefficient (Wildman–Crippen LogP) is 4.28. The lowest BCUT2D eigenvalue weighted by atomic mass is 10.2. The summed E-state index contributed by atoms with van der Waals surface area (Å²) in [5.74, 6) is 1.99. The summed E-state index contributed by atoms with van der Waals surface area (Å²) in [7, 11) is 1.65. The Morgan fingerprint density at radius 3 is 2.52 bits per heavy atom. The van der Waals surface area contributed by atoms with Gasteiger partial charge in [-0.1, -0.05) is 23.7 Å². The Labute approximate surface area is 176 Å². The molecule has 1 saturated heterocycles. The molecule has 0 bridgehead atoms. The topological polar surface area (TPSA) is 54.6 Å². The van der Waals surface area contributed by atoms with Crippen LogP contribution in [0.15, 0.2) is 52.9 Å². The van der Waals surface area contributed by atoms with E-state index in [9.17, 15) is 0 Å². The quantitative estimate of drug-likeness (QED) is 0.602. The third-order valence-corrected chi connectivity index (χ3v) is 5.62. The minimum atomic E-state index is 0.0859. The fourth-order valence-corrected chi connectivity index (χ4v) is 3.82. The van der Waals surface area contributed by atoms with Crippen LogP contribution in [0.1, 0.15) is 24.4 Å². The van der Waals surface area contributed by atoms with E-state index < -0.39 is 0 Å². The number of piperazine rings is 1. The van der Waals surface area contributed by atoms with Crippen molar-refractivity contribution in [1.29, 1.82) is 0 Å². The van der Waals surface area contributed by atoms with Gasteiger partial charge < -0.3 is 9.15 Å². The molecule has 1 aromatic heterocycles. The Balaban J connectivity index is 1.34. The first kappa shape index (κ1) is 19.9. The Kier molecular flexibility index (Phi) is 6.13. The van der Waals surface area contributed by atoms with E-state index in [0.717, 1.165) is 49.1 Å². The molecule has 3 aromatic rings. The Morgan fingerprint density at radius 1 is 1.07 bits per heavy atom. The van der Waals surface area contributed by atoms with Crippen LogP contribution >= 0.6 is 11.6 Å². The highest BCUT2D eigenvalue weighted by molar-refractivity contribution is 6.30. The molecule has 0 amide bonds. The van der Waals surface area contributed by atoms with E-state index >= 15 is 0 Å². The van der Waals surface area contributed by atoms with Gasteiger partial charge in [-0.2, -0.15) is 0 Å². The van der Waals surface area contributed by atoms with Gasteiger partial charge in [0.25, 0.3) is 0 Å². The molecule has 0 saturated carbocycles. The summed E-state index contributed by atoms with van der Waals surface area (Å²) >= 11 is 6.10. The molecule has 1 atom stereocenters. The standard InChI is InChI=1S/C22H25ClN4O2/c1-16(21-24-25-22(29-21)18-6-8-20(28-2)9-7-18)27-12-10-26(11-13-27)15-17-4-3-5-19(23)14-17/h3-9,14,16H,10-13,15H2,1-2H3/t16-/m1/s1. The molecular formula is C22H25ClN4O2. The van der Waals surface area contributed by atoms with Crippen LogP contribution in [-0.2, 0) is 6.54 Å². The van der Waals surface area contributed by atoms with Gasteiger partial charge in [-0.3, -0.25) is 9.80 Å². The predicted molar refractivity (Wildman–Crippen MR) is 113 cm³/mol. The fourth-order valence-electron chi connectivity index (χ4n) is 3.61. The van der Waals surface area contributed by atoms with E-state index in [1.807, 2.05) is 42.5 Å². The Morgan fingerprint density at radius 2 is 1.83 bits per heavy atom. The van der Waals surface area contributed by atoms with E-state index in [2.05, 4.69) is 33.0 Å². The van der Waals surface area contributed by atoms with Gasteiger partial charge in [-0.25, -0.2) is 0 Å². The van der Waals surface area contributed by atoms with Gasteiger partial charge in [0.1, 0.15) is 5.75 Å². The van der Waals surface area contributed by atoms with Crippen LogP contribution in [0.25, 0.3) is 11.5 Å². The van der Waals surface area contributed by atoms with Crippen molar-refractivity contribution >= 4 is 11.6 Å². The zero-order chi connectivity index (χ0) is 20.2. The number of benzene rings is 2. The van der Waals surface area contributed by atoms with Gasteiger partial charge in [0.2, 0.25) is 11.8 Å². The smallest absolute Gasteiger partial charge is 0.247 e. The number of nitrogens with zero attached hydrogens (tertiary/aromatic N) is 4. The SMILES string of the molecule is COc1ccc(-c2nnc([C@@H](C)N3CCN(Cc4cccc(Cl)c4)CC3)o2)cc1. The number of rotatable bonds is 6. The van der Waals surface area contributed by atoms with E-state index in [1.165, 1.54) is 5.56 Å². The van der Waals surface area contributed by atoms with Crippen LogP contribution in [-0.4, -0.2) is 53.3 Å². The molecule has 152 valence electrons. The number of methoxy groups -OCH3 is 1. The third kappa shape index (κ3) is 4.78. The molecule has 29 heavy (non-hydrogen) atoms. The van der Waals surface area contributed by atoms with Gasteiger partial charge in [0, 0.05) is 43.3 Å². The van der Waals surface area contributed by atoms with E-state index in [4.69, 9.17) is 20.8 Å². The normalized spacial score (nSPS) is 16.7. The number of aromatic nitrogens is 2. The van der Waals surface area contributed by atoms with Crippen LogP contribution in [0, 0.1) is 0 Å². The molecule has 0 unspecified atom stereocenters. The molecule has 2 heterocycles. The minimum absolute atomic E-state index is 0.0859. The molecule has 1 aliphatic rings. The molecule has 0 aliphatic carbocycles. The summed E-state index contributed by atoms with van der Waals surface area (Å²) in [5, 5.41) is 9.31. The second-order valence-electron chi connectivity index (χ2n) is 7.29. The van der Waals surface area contributed by atoms with Gasteiger partial charge in [0.05, 0.1) is 13.2 Å². The molecule has 1 aliphatic heterocycles. The minimum Gasteiger partial charge on any atom is -0.497 e. The van der Waals surface area contributed by atoms with Crippen molar-refractivity contribution in [2.45, 2.75) is 19.5 Å². The van der Waals surface area contributed by atoms with Crippen molar-refractivity contribution in [3.05, 3.63) is 65.0 Å². The molecule has 0 N–H and O–H groups in total. The van der Waals surface area contributed by atoms with Crippen molar-refractivity contribution in [3.8, 4) is 17.2 Å². The molecule has 4 rings (SSSR count). The maximum atomic E-state index is 6.10. The van der Waals surface area contributed by atoms with Crippen molar-refractivity contribution in [2.24, 2.45) is 0 Å². The second-order valence-corrected chi connectivity index (χ2v) is 7.73. The summed E-state index contributed by atoms with van der Waals surface area (Å²) in [6, 6.07) is 15.8. The lowest BCUT2D eigenvalue weighted by molar-refractivity contribution is 0.0876. The highest BCUT2D eigenvalue weighted by Crippen LogP contribution is 2.26. The van der Waals surface area contributed by atoms with Crippen LogP contribution in [0.2, 0.25) is 5.02 Å². The van der Waals surface area contributed by atoms with Crippen molar-refractivity contribution < 1.29 is 9.15 Å². The lowest BCUT2D eigenvalue weighted by Gasteiger charge is -2.36. The van der Waals surface area contributed by atoms with Crippen LogP contribution in [0.5, 0.6) is 5.75 Å². The van der Waals surface area contributed by atoms with Gasteiger partial charge >= 0.3 is 0 Å². The van der Waals surface area contributed by atoms with Crippen LogP contribution in [0.3, 0.4) is 0 Å². The fraction of sp³-hybridized carbons (Fsp3) is 0.364. The maximum Gasteiger partial charge on any atom is 0.247 e.